The molecule has 2 rings (SSSR count). The van der Waals surface area contributed by atoms with Gasteiger partial charge in [-0.15, -0.1) is 0 Å². The number of carbonyl (C=O) groups is 2. The van der Waals surface area contributed by atoms with Crippen LogP contribution in [-0.2, 0) is 9.59 Å². The smallest absolute Gasteiger partial charge is 0.260 e. The van der Waals surface area contributed by atoms with Gasteiger partial charge in [0.05, 0.1) is 13.2 Å². The van der Waals surface area contributed by atoms with E-state index < -0.39 is 0 Å². The first-order chi connectivity index (χ1) is 13.8. The minimum atomic E-state index is -0.274. The SMILES string of the molecule is CCCOc1ccc(OCC(=O)N(C)CC(=O)Nc2c(C)cc(C)cc2C)cc1. The summed E-state index contributed by atoms with van der Waals surface area (Å²) < 4.78 is 11.0. The Labute approximate surface area is 172 Å². The fourth-order valence-electron chi connectivity index (χ4n) is 2.97. The molecule has 0 unspecified atom stereocenters. The predicted octanol–water partition coefficient (Wildman–Crippen LogP) is 3.88. The topological polar surface area (TPSA) is 67.9 Å². The lowest BCUT2D eigenvalue weighted by molar-refractivity contribution is -0.135. The van der Waals surface area contributed by atoms with E-state index in [0.717, 1.165) is 34.5 Å². The summed E-state index contributed by atoms with van der Waals surface area (Å²) in [5.41, 5.74) is 3.94. The highest BCUT2D eigenvalue weighted by molar-refractivity contribution is 5.95. The number of ether oxygens (including phenoxy) is 2. The van der Waals surface area contributed by atoms with Gasteiger partial charge >= 0.3 is 0 Å². The fourth-order valence-corrected chi connectivity index (χ4v) is 2.97. The summed E-state index contributed by atoms with van der Waals surface area (Å²) in [7, 11) is 1.59. The second-order valence-electron chi connectivity index (χ2n) is 7.18. The van der Waals surface area contributed by atoms with Gasteiger partial charge in [-0.25, -0.2) is 0 Å². The molecule has 6 nitrogen and oxygen atoms in total. The molecule has 0 radical (unpaired) electrons. The van der Waals surface area contributed by atoms with E-state index in [4.69, 9.17) is 9.47 Å². The molecule has 29 heavy (non-hydrogen) atoms. The van der Waals surface area contributed by atoms with Gasteiger partial charge in [-0.2, -0.15) is 0 Å². The number of hydrogen-bond acceptors (Lipinski definition) is 4. The minimum Gasteiger partial charge on any atom is -0.494 e. The van der Waals surface area contributed by atoms with E-state index in [1.807, 2.05) is 39.8 Å². The van der Waals surface area contributed by atoms with Crippen molar-refractivity contribution in [3.8, 4) is 11.5 Å². The van der Waals surface area contributed by atoms with Gasteiger partial charge in [0.2, 0.25) is 5.91 Å². The molecular formula is C23H30N2O4. The Balaban J connectivity index is 1.83. The summed E-state index contributed by atoms with van der Waals surface area (Å²) >= 11 is 0. The van der Waals surface area contributed by atoms with Crippen LogP contribution in [0.15, 0.2) is 36.4 Å². The molecule has 0 heterocycles. The number of nitrogens with one attached hydrogen (secondary N) is 1. The molecular weight excluding hydrogens is 368 g/mol. The summed E-state index contributed by atoms with van der Waals surface area (Å²) in [6.45, 7) is 8.45. The van der Waals surface area contributed by atoms with Crippen LogP contribution in [0.2, 0.25) is 0 Å². The van der Waals surface area contributed by atoms with E-state index >= 15 is 0 Å². The van der Waals surface area contributed by atoms with Crippen LogP contribution in [0.25, 0.3) is 0 Å². The Morgan fingerprint density at radius 3 is 2.07 bits per heavy atom. The van der Waals surface area contributed by atoms with Gasteiger partial charge < -0.3 is 19.7 Å². The zero-order valence-electron chi connectivity index (χ0n) is 17.9. The number of hydrogen-bond donors (Lipinski definition) is 1. The summed E-state index contributed by atoms with van der Waals surface area (Å²) in [5.74, 6) is 0.823. The fraction of sp³-hybridized carbons (Fsp3) is 0.391. The number of amides is 2. The minimum absolute atomic E-state index is 0.0429. The molecule has 2 amide bonds. The number of aryl methyl sites for hydroxylation is 3. The summed E-state index contributed by atoms with van der Waals surface area (Å²) in [4.78, 5) is 26.0. The van der Waals surface area contributed by atoms with Crippen molar-refractivity contribution in [3.63, 3.8) is 0 Å². The largest absolute Gasteiger partial charge is 0.494 e. The number of carbonyl (C=O) groups excluding carboxylic acids is 2. The molecule has 0 aromatic heterocycles. The number of rotatable bonds is 9. The summed E-state index contributed by atoms with van der Waals surface area (Å²) in [6, 6.07) is 11.2. The molecule has 0 aliphatic heterocycles. The molecule has 0 aliphatic carbocycles. The van der Waals surface area contributed by atoms with Gasteiger partial charge in [-0.3, -0.25) is 9.59 Å². The predicted molar refractivity (Wildman–Crippen MR) is 115 cm³/mol. The van der Waals surface area contributed by atoms with Crippen LogP contribution in [0.4, 0.5) is 5.69 Å². The average Bonchev–Trinajstić information content (AvgIpc) is 2.68. The number of nitrogens with zero attached hydrogens (tertiary/aromatic N) is 1. The molecule has 0 bridgehead atoms. The summed E-state index contributed by atoms with van der Waals surface area (Å²) in [6.07, 6.45) is 0.940. The van der Waals surface area contributed by atoms with Crippen molar-refractivity contribution in [2.45, 2.75) is 34.1 Å². The monoisotopic (exact) mass is 398 g/mol. The highest BCUT2D eigenvalue weighted by atomic mass is 16.5. The first-order valence-electron chi connectivity index (χ1n) is 9.77. The third-order valence-corrected chi connectivity index (χ3v) is 4.41. The maximum Gasteiger partial charge on any atom is 0.260 e. The van der Waals surface area contributed by atoms with Gasteiger partial charge in [-0.05, 0) is 62.6 Å². The lowest BCUT2D eigenvalue weighted by Gasteiger charge is -2.18. The quantitative estimate of drug-likeness (QED) is 0.696. The van der Waals surface area contributed by atoms with Crippen LogP contribution in [0.5, 0.6) is 11.5 Å². The molecule has 0 atom stereocenters. The summed E-state index contributed by atoms with van der Waals surface area (Å²) in [5, 5.41) is 2.90. The first kappa shape index (κ1) is 22.3. The molecule has 6 heteroatoms. The molecule has 0 fully saturated rings. The molecule has 1 N–H and O–H groups in total. The van der Waals surface area contributed by atoms with Crippen molar-refractivity contribution in [3.05, 3.63) is 53.1 Å². The van der Waals surface area contributed by atoms with Gasteiger partial charge in [0.25, 0.3) is 5.91 Å². The van der Waals surface area contributed by atoms with Crippen molar-refractivity contribution in [1.29, 1.82) is 0 Å². The van der Waals surface area contributed by atoms with Crippen LogP contribution in [0.3, 0.4) is 0 Å². The van der Waals surface area contributed by atoms with Gasteiger partial charge in [0.1, 0.15) is 11.5 Å². The second kappa shape index (κ2) is 10.5. The molecule has 0 saturated carbocycles. The highest BCUT2D eigenvalue weighted by Crippen LogP contribution is 2.22. The molecule has 0 aliphatic rings. The van der Waals surface area contributed by atoms with E-state index in [9.17, 15) is 9.59 Å². The zero-order chi connectivity index (χ0) is 21.4. The van der Waals surface area contributed by atoms with Crippen molar-refractivity contribution in [2.75, 3.05) is 32.1 Å². The van der Waals surface area contributed by atoms with E-state index in [-0.39, 0.29) is 25.0 Å². The number of anilines is 1. The van der Waals surface area contributed by atoms with Crippen LogP contribution in [0, 0.1) is 20.8 Å². The van der Waals surface area contributed by atoms with Gasteiger partial charge in [-0.1, -0.05) is 24.6 Å². The maximum absolute atomic E-state index is 12.4. The van der Waals surface area contributed by atoms with Crippen molar-refractivity contribution < 1.29 is 19.1 Å². The Morgan fingerprint density at radius 1 is 0.966 bits per heavy atom. The Bertz CT molecular complexity index is 823. The molecule has 2 aromatic rings. The number of likely N-dealkylation sites (N-methyl/N-ethyl adjacent to an activating group) is 1. The first-order valence-corrected chi connectivity index (χ1v) is 9.77. The third kappa shape index (κ3) is 6.82. The van der Waals surface area contributed by atoms with E-state index in [0.29, 0.717) is 12.4 Å². The van der Waals surface area contributed by atoms with Crippen LogP contribution >= 0.6 is 0 Å². The molecule has 156 valence electrons. The third-order valence-electron chi connectivity index (χ3n) is 4.41. The normalized spacial score (nSPS) is 10.4. The van der Waals surface area contributed by atoms with E-state index in [1.54, 1.807) is 31.3 Å². The highest BCUT2D eigenvalue weighted by Gasteiger charge is 2.15. The van der Waals surface area contributed by atoms with Crippen molar-refractivity contribution in [1.82, 2.24) is 4.90 Å². The van der Waals surface area contributed by atoms with Gasteiger partial charge in [0, 0.05) is 12.7 Å². The Hall–Kier alpha value is -3.02. The lowest BCUT2D eigenvalue weighted by Crippen LogP contribution is -2.37. The van der Waals surface area contributed by atoms with Gasteiger partial charge in [0.15, 0.2) is 6.61 Å². The van der Waals surface area contributed by atoms with Crippen molar-refractivity contribution >= 4 is 17.5 Å². The second-order valence-corrected chi connectivity index (χ2v) is 7.18. The van der Waals surface area contributed by atoms with E-state index in [1.165, 1.54) is 4.90 Å². The van der Waals surface area contributed by atoms with Crippen LogP contribution in [0.1, 0.15) is 30.0 Å². The average molecular weight is 399 g/mol. The standard InChI is InChI=1S/C23H30N2O4/c1-6-11-28-19-7-9-20(10-8-19)29-15-22(27)25(5)14-21(26)24-23-17(3)12-16(2)13-18(23)4/h7-10,12-13H,6,11,14-15H2,1-5H3,(H,24,26). The Morgan fingerprint density at radius 2 is 1.52 bits per heavy atom. The Kier molecular flexibility index (Phi) is 8.07. The van der Waals surface area contributed by atoms with Crippen LogP contribution < -0.4 is 14.8 Å². The molecule has 2 aromatic carbocycles. The molecule has 0 saturated heterocycles. The molecule has 0 spiro atoms. The maximum atomic E-state index is 12.4. The van der Waals surface area contributed by atoms with Crippen molar-refractivity contribution in [2.24, 2.45) is 0 Å². The van der Waals surface area contributed by atoms with Crippen LogP contribution in [-0.4, -0.2) is 43.5 Å². The zero-order valence-corrected chi connectivity index (χ0v) is 17.9. The lowest BCUT2D eigenvalue weighted by atomic mass is 10.1. The number of benzene rings is 2. The van der Waals surface area contributed by atoms with E-state index in [2.05, 4.69) is 5.32 Å².